The van der Waals surface area contributed by atoms with Gasteiger partial charge in [0.05, 0.1) is 12.2 Å². The molecule has 0 bridgehead atoms. The fourth-order valence-electron chi connectivity index (χ4n) is 3.16. The van der Waals surface area contributed by atoms with Gasteiger partial charge in [-0.3, -0.25) is 9.69 Å². The molecule has 1 saturated carbocycles. The lowest BCUT2D eigenvalue weighted by Crippen LogP contribution is -2.50. The molecule has 0 unspecified atom stereocenters. The van der Waals surface area contributed by atoms with Crippen LogP contribution in [0.4, 0.5) is 0 Å². The molecule has 5 nitrogen and oxygen atoms in total. The van der Waals surface area contributed by atoms with Gasteiger partial charge in [0.15, 0.2) is 0 Å². The molecule has 1 N–H and O–H groups in total. The quantitative estimate of drug-likeness (QED) is 0.866. The molecule has 1 saturated heterocycles. The van der Waals surface area contributed by atoms with Crippen molar-refractivity contribution in [1.82, 2.24) is 9.80 Å². The van der Waals surface area contributed by atoms with Crippen LogP contribution in [0.15, 0.2) is 24.3 Å². The number of ether oxygens (including phenoxy) is 1. The minimum atomic E-state index is -0.194. The number of nitrogens with zero attached hydrogens (tertiary/aromatic N) is 2. The topological polar surface area (TPSA) is 53.0 Å². The van der Waals surface area contributed by atoms with Gasteiger partial charge in [-0.05, 0) is 56.9 Å². The van der Waals surface area contributed by atoms with E-state index in [1.165, 1.54) is 0 Å². The highest BCUT2D eigenvalue weighted by Gasteiger charge is 2.32. The molecule has 0 spiro atoms. The summed E-state index contributed by atoms with van der Waals surface area (Å²) in [7, 11) is 0. The highest BCUT2D eigenvalue weighted by Crippen LogP contribution is 2.32. The maximum atomic E-state index is 12.6. The fourth-order valence-corrected chi connectivity index (χ4v) is 3.16. The number of benzene rings is 1. The van der Waals surface area contributed by atoms with Gasteiger partial charge in [0.25, 0.3) is 5.91 Å². The van der Waals surface area contributed by atoms with Gasteiger partial charge >= 0.3 is 0 Å². The molecule has 1 aliphatic carbocycles. The van der Waals surface area contributed by atoms with Crippen LogP contribution in [0.3, 0.4) is 0 Å². The largest absolute Gasteiger partial charge is 0.491 e. The van der Waals surface area contributed by atoms with E-state index in [2.05, 4.69) is 4.90 Å². The van der Waals surface area contributed by atoms with Crippen LogP contribution in [0, 0.1) is 5.92 Å². The van der Waals surface area contributed by atoms with E-state index >= 15 is 0 Å². The second kappa shape index (κ2) is 7.53. The molecule has 1 amide bonds. The summed E-state index contributed by atoms with van der Waals surface area (Å²) < 4.78 is 5.61. The summed E-state index contributed by atoms with van der Waals surface area (Å²) in [5, 5.41) is 10.0. The van der Waals surface area contributed by atoms with E-state index in [4.69, 9.17) is 4.74 Å². The minimum Gasteiger partial charge on any atom is -0.491 e. The van der Waals surface area contributed by atoms with Crippen molar-refractivity contribution in [2.75, 3.05) is 32.7 Å². The average Bonchev–Trinajstić information content (AvgIpc) is 3.40. The monoisotopic (exact) mass is 332 g/mol. The van der Waals surface area contributed by atoms with Crippen LogP contribution in [0.5, 0.6) is 5.75 Å². The summed E-state index contributed by atoms with van der Waals surface area (Å²) in [6, 6.07) is 7.39. The van der Waals surface area contributed by atoms with Gasteiger partial charge in [-0.2, -0.15) is 0 Å². The van der Waals surface area contributed by atoms with E-state index in [1.807, 2.05) is 43.0 Å². The number of hydrogen-bond acceptors (Lipinski definition) is 4. The number of β-amino-alcohol motifs (C(OH)–C–C–N with tert-alkyl or cyclic N) is 1. The molecule has 1 heterocycles. The Labute approximate surface area is 144 Å². The summed E-state index contributed by atoms with van der Waals surface area (Å²) in [6.45, 7) is 7.83. The van der Waals surface area contributed by atoms with Crippen LogP contribution in [0.2, 0.25) is 0 Å². The third-order valence-electron chi connectivity index (χ3n) is 4.74. The Morgan fingerprint density at radius 2 is 1.79 bits per heavy atom. The number of amides is 1. The van der Waals surface area contributed by atoms with Gasteiger partial charge in [0, 0.05) is 38.3 Å². The first-order valence-corrected chi connectivity index (χ1v) is 8.99. The molecule has 5 heteroatoms. The van der Waals surface area contributed by atoms with Gasteiger partial charge < -0.3 is 14.7 Å². The zero-order valence-corrected chi connectivity index (χ0v) is 14.6. The third kappa shape index (κ3) is 4.48. The van der Waals surface area contributed by atoms with E-state index < -0.39 is 0 Å². The molecule has 1 atom stereocenters. The Hall–Kier alpha value is -1.59. The van der Waals surface area contributed by atoms with E-state index in [0.29, 0.717) is 11.5 Å². The fraction of sp³-hybridized carbons (Fsp3) is 0.632. The molecule has 0 radical (unpaired) electrons. The van der Waals surface area contributed by atoms with E-state index in [-0.39, 0.29) is 18.1 Å². The van der Waals surface area contributed by atoms with Gasteiger partial charge in [-0.15, -0.1) is 0 Å². The van der Waals surface area contributed by atoms with Crippen molar-refractivity contribution in [3.05, 3.63) is 29.8 Å². The van der Waals surface area contributed by atoms with Crippen LogP contribution < -0.4 is 4.74 Å². The Bertz CT molecular complexity index is 546. The Morgan fingerprint density at radius 3 is 2.33 bits per heavy atom. The Kier molecular flexibility index (Phi) is 5.41. The Morgan fingerprint density at radius 1 is 1.17 bits per heavy atom. The summed E-state index contributed by atoms with van der Waals surface area (Å²) in [5.41, 5.74) is 0.706. The van der Waals surface area contributed by atoms with E-state index in [0.717, 1.165) is 51.3 Å². The van der Waals surface area contributed by atoms with Crippen molar-refractivity contribution in [2.24, 2.45) is 5.92 Å². The molecular formula is C19H28N2O3. The predicted molar refractivity (Wildman–Crippen MR) is 93.3 cm³/mol. The van der Waals surface area contributed by atoms with Crippen molar-refractivity contribution in [1.29, 1.82) is 0 Å². The second-order valence-electron chi connectivity index (χ2n) is 7.19. The molecule has 0 aromatic heterocycles. The number of hydrogen-bond donors (Lipinski definition) is 1. The first kappa shape index (κ1) is 17.2. The van der Waals surface area contributed by atoms with E-state index in [1.54, 1.807) is 0 Å². The van der Waals surface area contributed by atoms with Crippen LogP contribution in [0.25, 0.3) is 0 Å². The summed E-state index contributed by atoms with van der Waals surface area (Å²) in [6.07, 6.45) is 2.26. The molecule has 2 aliphatic rings. The smallest absolute Gasteiger partial charge is 0.253 e. The summed E-state index contributed by atoms with van der Waals surface area (Å²) >= 11 is 0. The summed E-state index contributed by atoms with van der Waals surface area (Å²) in [4.78, 5) is 16.8. The predicted octanol–water partition coefficient (Wildman–Crippen LogP) is 2.00. The van der Waals surface area contributed by atoms with E-state index in [9.17, 15) is 9.90 Å². The van der Waals surface area contributed by atoms with Gasteiger partial charge in [0.2, 0.25) is 0 Å². The number of rotatable bonds is 6. The molecule has 24 heavy (non-hydrogen) atoms. The maximum Gasteiger partial charge on any atom is 0.253 e. The Balaban J connectivity index is 1.49. The highest BCUT2D eigenvalue weighted by molar-refractivity contribution is 5.94. The van der Waals surface area contributed by atoms with Gasteiger partial charge in [-0.1, -0.05) is 0 Å². The zero-order valence-electron chi connectivity index (χ0n) is 14.6. The third-order valence-corrected chi connectivity index (χ3v) is 4.74. The number of piperazine rings is 1. The number of carbonyl (C=O) groups is 1. The molecule has 132 valence electrons. The molecule has 1 aromatic rings. The number of aliphatic hydroxyl groups is 1. The van der Waals surface area contributed by atoms with Crippen molar-refractivity contribution >= 4 is 5.91 Å². The molecular weight excluding hydrogens is 304 g/mol. The van der Waals surface area contributed by atoms with Crippen LogP contribution in [-0.4, -0.2) is 65.7 Å². The first-order chi connectivity index (χ1) is 11.5. The SMILES string of the molecule is CC(C)Oc1ccc(C(=O)N2CCN(C[C@H](O)C3CC3)CC2)cc1. The normalized spacial score (nSPS) is 20.2. The van der Waals surface area contributed by atoms with Crippen molar-refractivity contribution < 1.29 is 14.6 Å². The molecule has 1 aliphatic heterocycles. The van der Waals surface area contributed by atoms with Crippen LogP contribution >= 0.6 is 0 Å². The molecule has 2 fully saturated rings. The zero-order chi connectivity index (χ0) is 17.1. The standard InChI is InChI=1S/C19H28N2O3/c1-14(2)24-17-7-5-16(6-8-17)19(23)21-11-9-20(10-12-21)13-18(22)15-3-4-15/h5-8,14-15,18,22H,3-4,9-13H2,1-2H3/t18-/m0/s1. The average molecular weight is 332 g/mol. The minimum absolute atomic E-state index is 0.0773. The second-order valence-corrected chi connectivity index (χ2v) is 7.19. The van der Waals surface area contributed by atoms with Gasteiger partial charge in [0.1, 0.15) is 5.75 Å². The lowest BCUT2D eigenvalue weighted by molar-refractivity contribution is 0.0488. The number of carbonyl (C=O) groups excluding carboxylic acids is 1. The maximum absolute atomic E-state index is 12.6. The number of aliphatic hydroxyl groups excluding tert-OH is 1. The van der Waals surface area contributed by atoms with Crippen molar-refractivity contribution in [3.8, 4) is 5.75 Å². The van der Waals surface area contributed by atoms with Gasteiger partial charge in [-0.25, -0.2) is 0 Å². The lowest BCUT2D eigenvalue weighted by atomic mass is 10.1. The first-order valence-electron chi connectivity index (χ1n) is 8.99. The van der Waals surface area contributed by atoms with Crippen molar-refractivity contribution in [3.63, 3.8) is 0 Å². The molecule has 3 rings (SSSR count). The highest BCUT2D eigenvalue weighted by atomic mass is 16.5. The van der Waals surface area contributed by atoms with Crippen LogP contribution in [0.1, 0.15) is 37.0 Å². The molecule has 1 aromatic carbocycles. The summed E-state index contributed by atoms with van der Waals surface area (Å²) in [5.74, 6) is 1.38. The van der Waals surface area contributed by atoms with Crippen LogP contribution in [-0.2, 0) is 0 Å². The van der Waals surface area contributed by atoms with Crippen molar-refractivity contribution in [2.45, 2.75) is 38.9 Å². The lowest BCUT2D eigenvalue weighted by Gasteiger charge is -2.35.